The average molecular weight is 251 g/mol. The fourth-order valence-corrected chi connectivity index (χ4v) is 1.45. The molecule has 0 spiro atoms. The van der Waals surface area contributed by atoms with E-state index in [1.807, 2.05) is 38.1 Å². The molecule has 100 valence electrons. The van der Waals surface area contributed by atoms with Gasteiger partial charge in [-0.25, -0.2) is 0 Å². The van der Waals surface area contributed by atoms with Crippen molar-refractivity contribution in [2.24, 2.45) is 16.3 Å². The Morgan fingerprint density at radius 3 is 2.44 bits per heavy atom. The molecule has 0 fully saturated rings. The maximum absolute atomic E-state index is 9.13. The number of nitrogens with zero attached hydrogens (tertiary/aromatic N) is 1. The van der Waals surface area contributed by atoms with Crippen molar-refractivity contribution in [3.05, 3.63) is 35.4 Å². The SMILES string of the molecule is CC(C)(CO)CNCc1ccc(/C(N)=N/O)cc1. The van der Waals surface area contributed by atoms with Gasteiger partial charge >= 0.3 is 0 Å². The lowest BCUT2D eigenvalue weighted by Crippen LogP contribution is -2.31. The fraction of sp³-hybridized carbons (Fsp3) is 0.462. The van der Waals surface area contributed by atoms with E-state index in [1.165, 1.54) is 0 Å². The normalized spacial score (nSPS) is 12.7. The minimum absolute atomic E-state index is 0.107. The first kappa shape index (κ1) is 14.5. The van der Waals surface area contributed by atoms with Crippen LogP contribution in [0.5, 0.6) is 0 Å². The van der Waals surface area contributed by atoms with Gasteiger partial charge in [0, 0.05) is 30.7 Å². The van der Waals surface area contributed by atoms with Crippen LogP contribution in [0.15, 0.2) is 29.4 Å². The van der Waals surface area contributed by atoms with Crippen molar-refractivity contribution in [1.29, 1.82) is 0 Å². The molecule has 1 aromatic rings. The lowest BCUT2D eigenvalue weighted by molar-refractivity contribution is 0.156. The van der Waals surface area contributed by atoms with Gasteiger partial charge in [-0.1, -0.05) is 43.3 Å². The summed E-state index contributed by atoms with van der Waals surface area (Å²) in [5.41, 5.74) is 7.16. The third kappa shape index (κ3) is 4.35. The average Bonchev–Trinajstić information content (AvgIpc) is 2.38. The van der Waals surface area contributed by atoms with E-state index in [0.29, 0.717) is 5.56 Å². The third-order valence-corrected chi connectivity index (χ3v) is 2.72. The Kier molecular flexibility index (Phi) is 5.12. The van der Waals surface area contributed by atoms with Crippen LogP contribution in [0.25, 0.3) is 0 Å². The Hall–Kier alpha value is -1.59. The van der Waals surface area contributed by atoms with E-state index in [2.05, 4.69) is 10.5 Å². The van der Waals surface area contributed by atoms with Gasteiger partial charge < -0.3 is 21.4 Å². The van der Waals surface area contributed by atoms with Gasteiger partial charge in [-0.2, -0.15) is 0 Å². The van der Waals surface area contributed by atoms with Gasteiger partial charge in [-0.3, -0.25) is 0 Å². The van der Waals surface area contributed by atoms with Crippen molar-refractivity contribution in [1.82, 2.24) is 5.32 Å². The predicted octanol–water partition coefficient (Wildman–Crippen LogP) is 0.889. The summed E-state index contributed by atoms with van der Waals surface area (Å²) in [6, 6.07) is 7.46. The molecule has 1 rings (SSSR count). The zero-order valence-corrected chi connectivity index (χ0v) is 10.8. The Morgan fingerprint density at radius 1 is 1.33 bits per heavy atom. The predicted molar refractivity (Wildman–Crippen MR) is 71.5 cm³/mol. The first-order valence-electron chi connectivity index (χ1n) is 5.87. The molecule has 0 aliphatic carbocycles. The molecule has 5 N–H and O–H groups in total. The van der Waals surface area contributed by atoms with Crippen LogP contribution in [-0.2, 0) is 6.54 Å². The maximum Gasteiger partial charge on any atom is 0.170 e. The zero-order valence-electron chi connectivity index (χ0n) is 10.8. The maximum atomic E-state index is 9.13. The van der Waals surface area contributed by atoms with Gasteiger partial charge in [0.05, 0.1) is 0 Å². The highest BCUT2D eigenvalue weighted by Crippen LogP contribution is 2.12. The van der Waals surface area contributed by atoms with Crippen LogP contribution in [0.2, 0.25) is 0 Å². The molecule has 5 heteroatoms. The lowest BCUT2D eigenvalue weighted by atomic mass is 9.95. The molecule has 1 aromatic carbocycles. The Labute approximate surface area is 107 Å². The summed E-state index contributed by atoms with van der Waals surface area (Å²) >= 11 is 0. The van der Waals surface area contributed by atoms with E-state index in [0.717, 1.165) is 18.7 Å². The first-order chi connectivity index (χ1) is 8.48. The highest BCUT2D eigenvalue weighted by molar-refractivity contribution is 5.96. The Balaban J connectivity index is 2.50. The van der Waals surface area contributed by atoms with Crippen molar-refractivity contribution < 1.29 is 10.3 Å². The Morgan fingerprint density at radius 2 is 1.94 bits per heavy atom. The summed E-state index contributed by atoms with van der Waals surface area (Å²) in [6.07, 6.45) is 0. The van der Waals surface area contributed by atoms with Crippen molar-refractivity contribution in [2.45, 2.75) is 20.4 Å². The van der Waals surface area contributed by atoms with Crippen molar-refractivity contribution in [3.8, 4) is 0 Å². The molecule has 0 saturated heterocycles. The molecular weight excluding hydrogens is 230 g/mol. The van der Waals surface area contributed by atoms with Crippen LogP contribution < -0.4 is 11.1 Å². The number of oxime groups is 1. The molecule has 0 unspecified atom stereocenters. The van der Waals surface area contributed by atoms with Crippen LogP contribution in [0.4, 0.5) is 0 Å². The molecule has 0 aromatic heterocycles. The highest BCUT2D eigenvalue weighted by atomic mass is 16.4. The molecule has 0 saturated carbocycles. The largest absolute Gasteiger partial charge is 0.409 e. The van der Waals surface area contributed by atoms with E-state index < -0.39 is 0 Å². The van der Waals surface area contributed by atoms with Crippen LogP contribution in [0, 0.1) is 5.41 Å². The van der Waals surface area contributed by atoms with Crippen molar-refractivity contribution in [2.75, 3.05) is 13.2 Å². The van der Waals surface area contributed by atoms with Crippen LogP contribution in [-0.4, -0.2) is 29.3 Å². The van der Waals surface area contributed by atoms with Crippen LogP contribution >= 0.6 is 0 Å². The Bertz CT molecular complexity index is 399. The molecule has 0 aliphatic heterocycles. The minimum Gasteiger partial charge on any atom is -0.409 e. The number of rotatable bonds is 6. The van der Waals surface area contributed by atoms with Crippen LogP contribution in [0.3, 0.4) is 0 Å². The van der Waals surface area contributed by atoms with E-state index in [4.69, 9.17) is 16.0 Å². The molecule has 0 heterocycles. The number of hydrogen-bond acceptors (Lipinski definition) is 4. The van der Waals surface area contributed by atoms with Crippen LogP contribution in [0.1, 0.15) is 25.0 Å². The standard InChI is InChI=1S/C13H21N3O2/c1-13(2,9-17)8-15-7-10-3-5-11(6-4-10)12(14)16-18/h3-6,15,17-18H,7-9H2,1-2H3,(H2,14,16). The molecule has 0 aliphatic rings. The molecule has 0 bridgehead atoms. The third-order valence-electron chi connectivity index (χ3n) is 2.72. The van der Waals surface area contributed by atoms with Gasteiger partial charge in [0.1, 0.15) is 0 Å². The summed E-state index contributed by atoms with van der Waals surface area (Å²) < 4.78 is 0. The van der Waals surface area contributed by atoms with E-state index in [9.17, 15) is 0 Å². The van der Waals surface area contributed by atoms with Gasteiger partial charge in [0.25, 0.3) is 0 Å². The molecule has 0 amide bonds. The second-order valence-electron chi connectivity index (χ2n) is 5.11. The second-order valence-corrected chi connectivity index (χ2v) is 5.11. The summed E-state index contributed by atoms with van der Waals surface area (Å²) in [6.45, 7) is 5.62. The highest BCUT2D eigenvalue weighted by Gasteiger charge is 2.15. The smallest absolute Gasteiger partial charge is 0.170 e. The number of benzene rings is 1. The van der Waals surface area contributed by atoms with E-state index in [1.54, 1.807) is 0 Å². The van der Waals surface area contributed by atoms with Gasteiger partial charge in [-0.05, 0) is 5.56 Å². The summed E-state index contributed by atoms with van der Waals surface area (Å²) in [7, 11) is 0. The quantitative estimate of drug-likeness (QED) is 0.261. The minimum atomic E-state index is -0.117. The van der Waals surface area contributed by atoms with E-state index in [-0.39, 0.29) is 17.9 Å². The summed E-state index contributed by atoms with van der Waals surface area (Å²) in [5.74, 6) is 0.107. The summed E-state index contributed by atoms with van der Waals surface area (Å²) in [4.78, 5) is 0. The van der Waals surface area contributed by atoms with Gasteiger partial charge in [-0.15, -0.1) is 0 Å². The summed E-state index contributed by atoms with van der Waals surface area (Å²) in [5, 5.41) is 23.9. The zero-order chi connectivity index (χ0) is 13.6. The van der Waals surface area contributed by atoms with Crippen molar-refractivity contribution >= 4 is 5.84 Å². The molecule has 5 nitrogen and oxygen atoms in total. The number of amidine groups is 1. The van der Waals surface area contributed by atoms with Gasteiger partial charge in [0.2, 0.25) is 0 Å². The van der Waals surface area contributed by atoms with Gasteiger partial charge in [0.15, 0.2) is 5.84 Å². The fourth-order valence-electron chi connectivity index (χ4n) is 1.45. The molecular formula is C13H21N3O2. The number of aliphatic hydroxyl groups is 1. The number of aliphatic hydroxyl groups excluding tert-OH is 1. The molecule has 18 heavy (non-hydrogen) atoms. The second kappa shape index (κ2) is 6.37. The molecule has 0 radical (unpaired) electrons. The monoisotopic (exact) mass is 251 g/mol. The van der Waals surface area contributed by atoms with Crippen molar-refractivity contribution in [3.63, 3.8) is 0 Å². The number of hydrogen-bond donors (Lipinski definition) is 4. The molecule has 0 atom stereocenters. The number of nitrogens with two attached hydrogens (primary N) is 1. The van der Waals surface area contributed by atoms with E-state index >= 15 is 0 Å². The first-order valence-corrected chi connectivity index (χ1v) is 5.87. The lowest BCUT2D eigenvalue weighted by Gasteiger charge is -2.21. The topological polar surface area (TPSA) is 90.9 Å². The number of nitrogens with one attached hydrogen (secondary N) is 1.